The molecule has 4 heterocycles. The number of anilines is 1. The predicted octanol–water partition coefficient (Wildman–Crippen LogP) is 4.30. The normalized spacial score (nSPS) is 18.1. The van der Waals surface area contributed by atoms with E-state index >= 15 is 0 Å². The van der Waals surface area contributed by atoms with Gasteiger partial charge in [0.15, 0.2) is 0 Å². The zero-order valence-corrected chi connectivity index (χ0v) is 18.7. The number of benzene rings is 2. The molecule has 0 atom stereocenters. The molecule has 2 aliphatic heterocycles. The van der Waals surface area contributed by atoms with Gasteiger partial charge in [-0.05, 0) is 56.3 Å². The van der Waals surface area contributed by atoms with E-state index in [9.17, 15) is 0 Å². The number of aromatic nitrogens is 3. The third-order valence-electron chi connectivity index (χ3n) is 6.64. The van der Waals surface area contributed by atoms with Crippen LogP contribution in [0.2, 0.25) is 0 Å². The van der Waals surface area contributed by atoms with E-state index in [0.717, 1.165) is 91.2 Å². The Balaban J connectivity index is 1.30. The van der Waals surface area contributed by atoms with Gasteiger partial charge in [-0.2, -0.15) is 0 Å². The molecule has 0 radical (unpaired) electrons. The van der Waals surface area contributed by atoms with Gasteiger partial charge in [0.25, 0.3) is 0 Å². The summed E-state index contributed by atoms with van der Waals surface area (Å²) in [6.45, 7) is 3.65. The molecule has 2 fully saturated rings. The van der Waals surface area contributed by atoms with Crippen LogP contribution in [0.5, 0.6) is 5.75 Å². The van der Waals surface area contributed by atoms with Gasteiger partial charge < -0.3 is 20.1 Å². The van der Waals surface area contributed by atoms with Crippen LogP contribution in [0.15, 0.2) is 54.9 Å². The van der Waals surface area contributed by atoms with Crippen LogP contribution in [0.3, 0.4) is 0 Å². The molecule has 2 N–H and O–H groups in total. The van der Waals surface area contributed by atoms with Gasteiger partial charge in [0, 0.05) is 30.3 Å². The van der Waals surface area contributed by atoms with Gasteiger partial charge in [0.1, 0.15) is 24.0 Å². The van der Waals surface area contributed by atoms with Crippen molar-refractivity contribution in [2.45, 2.75) is 37.8 Å². The van der Waals surface area contributed by atoms with Gasteiger partial charge in [-0.1, -0.05) is 12.1 Å². The Bertz CT molecular complexity index is 1260. The van der Waals surface area contributed by atoms with Crippen LogP contribution in [0, 0.1) is 0 Å². The van der Waals surface area contributed by atoms with Crippen LogP contribution < -0.4 is 15.4 Å². The Morgan fingerprint density at radius 3 is 2.76 bits per heavy atom. The maximum Gasteiger partial charge on any atom is 0.139 e. The molecule has 4 aromatic rings. The van der Waals surface area contributed by atoms with Crippen LogP contribution in [-0.2, 0) is 4.74 Å². The summed E-state index contributed by atoms with van der Waals surface area (Å²) in [6.07, 6.45) is 6.18. The highest BCUT2D eigenvalue weighted by Crippen LogP contribution is 2.28. The molecule has 2 saturated heterocycles. The molecule has 0 saturated carbocycles. The average Bonchev–Trinajstić information content (AvgIpc) is 3.29. The minimum Gasteiger partial charge on any atom is -0.490 e. The topological polar surface area (TPSA) is 73.2 Å². The maximum absolute atomic E-state index is 6.17. The Hall–Kier alpha value is -3.16. The van der Waals surface area contributed by atoms with Crippen molar-refractivity contribution in [1.29, 1.82) is 0 Å². The standard InChI is InChI=1S/C26H29N5O2/c1-2-18-4-7-25(30-26(18)22(3-1)29-19-8-12-27-13-9-19)31-17-28-23-16-21(5-6-24(23)31)33-20-10-14-32-15-11-20/h1-7,16-17,19-20,27,29H,8-15H2. The van der Waals surface area contributed by atoms with Crippen molar-refractivity contribution in [3.8, 4) is 11.6 Å². The molecule has 6 rings (SSSR count). The summed E-state index contributed by atoms with van der Waals surface area (Å²) in [5.41, 5.74) is 4.01. The Morgan fingerprint density at radius 1 is 1.00 bits per heavy atom. The summed E-state index contributed by atoms with van der Waals surface area (Å²) >= 11 is 0. The van der Waals surface area contributed by atoms with Crippen molar-refractivity contribution in [1.82, 2.24) is 19.9 Å². The molecule has 0 unspecified atom stereocenters. The molecule has 33 heavy (non-hydrogen) atoms. The van der Waals surface area contributed by atoms with E-state index in [0.29, 0.717) is 6.04 Å². The predicted molar refractivity (Wildman–Crippen MR) is 130 cm³/mol. The van der Waals surface area contributed by atoms with Gasteiger partial charge in [-0.15, -0.1) is 0 Å². The second-order valence-corrected chi connectivity index (χ2v) is 8.91. The van der Waals surface area contributed by atoms with E-state index in [1.165, 1.54) is 0 Å². The highest BCUT2D eigenvalue weighted by molar-refractivity contribution is 5.91. The molecule has 0 aliphatic carbocycles. The first-order valence-corrected chi connectivity index (χ1v) is 11.9. The molecule has 0 spiro atoms. The molecule has 2 aromatic heterocycles. The largest absolute Gasteiger partial charge is 0.490 e. The van der Waals surface area contributed by atoms with E-state index < -0.39 is 0 Å². The summed E-state index contributed by atoms with van der Waals surface area (Å²) in [5, 5.41) is 8.29. The fraction of sp³-hybridized carbons (Fsp3) is 0.385. The van der Waals surface area contributed by atoms with Gasteiger partial charge in [0.2, 0.25) is 0 Å². The van der Waals surface area contributed by atoms with Crippen LogP contribution in [0.4, 0.5) is 5.69 Å². The maximum atomic E-state index is 6.17. The molecule has 0 bridgehead atoms. The third kappa shape index (κ3) is 4.26. The number of nitrogens with one attached hydrogen (secondary N) is 2. The van der Waals surface area contributed by atoms with E-state index in [4.69, 9.17) is 14.5 Å². The van der Waals surface area contributed by atoms with Crippen LogP contribution in [0.1, 0.15) is 25.7 Å². The first-order chi connectivity index (χ1) is 16.3. The molecule has 7 nitrogen and oxygen atoms in total. The van der Waals surface area contributed by atoms with Gasteiger partial charge >= 0.3 is 0 Å². The fourth-order valence-electron chi connectivity index (χ4n) is 4.81. The molecule has 2 aromatic carbocycles. The van der Waals surface area contributed by atoms with Crippen molar-refractivity contribution in [2.75, 3.05) is 31.6 Å². The first kappa shape index (κ1) is 20.4. The van der Waals surface area contributed by atoms with Gasteiger partial charge in [-0.3, -0.25) is 4.57 Å². The summed E-state index contributed by atoms with van der Waals surface area (Å²) in [5.74, 6) is 1.72. The zero-order valence-electron chi connectivity index (χ0n) is 18.7. The number of para-hydroxylation sites is 1. The van der Waals surface area contributed by atoms with Crippen molar-refractivity contribution in [3.05, 3.63) is 54.9 Å². The smallest absolute Gasteiger partial charge is 0.139 e. The summed E-state index contributed by atoms with van der Waals surface area (Å²) < 4.78 is 13.6. The van der Waals surface area contributed by atoms with Crippen LogP contribution in [-0.4, -0.2) is 53.0 Å². The number of fused-ring (bicyclic) bond motifs is 2. The van der Waals surface area contributed by atoms with Crippen LogP contribution >= 0.6 is 0 Å². The number of nitrogens with zero attached hydrogens (tertiary/aromatic N) is 3. The van der Waals surface area contributed by atoms with E-state index in [-0.39, 0.29) is 6.10 Å². The number of hydrogen-bond acceptors (Lipinski definition) is 6. The minimum atomic E-state index is 0.214. The first-order valence-electron chi connectivity index (χ1n) is 11.9. The summed E-state index contributed by atoms with van der Waals surface area (Å²) in [4.78, 5) is 9.69. The lowest BCUT2D eigenvalue weighted by atomic mass is 10.1. The Kier molecular flexibility index (Phi) is 5.58. The third-order valence-corrected chi connectivity index (χ3v) is 6.64. The number of pyridine rings is 1. The van der Waals surface area contributed by atoms with E-state index in [1.54, 1.807) is 0 Å². The van der Waals surface area contributed by atoms with Crippen molar-refractivity contribution < 1.29 is 9.47 Å². The molecule has 2 aliphatic rings. The van der Waals surface area contributed by atoms with Crippen molar-refractivity contribution >= 4 is 27.6 Å². The molecule has 0 amide bonds. The Labute approximate surface area is 193 Å². The number of rotatable bonds is 5. The molecular weight excluding hydrogens is 414 g/mol. The van der Waals surface area contributed by atoms with E-state index in [2.05, 4.69) is 52.0 Å². The lowest BCUT2D eigenvalue weighted by Crippen LogP contribution is -2.35. The SMILES string of the molecule is c1cc(NC2CCNCC2)c2nc(-n3cnc4cc(OC5CCOCC5)ccc43)ccc2c1. The highest BCUT2D eigenvalue weighted by Gasteiger charge is 2.17. The van der Waals surface area contributed by atoms with Gasteiger partial charge in [0.05, 0.1) is 35.5 Å². The second kappa shape index (κ2) is 9.00. The summed E-state index contributed by atoms with van der Waals surface area (Å²) in [7, 11) is 0. The zero-order chi connectivity index (χ0) is 22.0. The van der Waals surface area contributed by atoms with Crippen molar-refractivity contribution in [2.24, 2.45) is 0 Å². The number of imidazole rings is 1. The highest BCUT2D eigenvalue weighted by atomic mass is 16.5. The number of piperidine rings is 1. The number of hydrogen-bond donors (Lipinski definition) is 2. The number of ether oxygens (including phenoxy) is 2. The fourth-order valence-corrected chi connectivity index (χ4v) is 4.81. The molecule has 170 valence electrons. The molecule has 7 heteroatoms. The second-order valence-electron chi connectivity index (χ2n) is 8.91. The molecular formula is C26H29N5O2. The van der Waals surface area contributed by atoms with E-state index in [1.807, 2.05) is 23.0 Å². The monoisotopic (exact) mass is 443 g/mol. The lowest BCUT2D eigenvalue weighted by molar-refractivity contribution is 0.0256. The van der Waals surface area contributed by atoms with Crippen molar-refractivity contribution in [3.63, 3.8) is 0 Å². The van der Waals surface area contributed by atoms with Crippen LogP contribution in [0.25, 0.3) is 27.8 Å². The average molecular weight is 444 g/mol. The summed E-state index contributed by atoms with van der Waals surface area (Å²) in [6, 6.07) is 17.1. The quantitative estimate of drug-likeness (QED) is 0.479. The van der Waals surface area contributed by atoms with Gasteiger partial charge in [-0.25, -0.2) is 9.97 Å². The Morgan fingerprint density at radius 2 is 1.88 bits per heavy atom. The lowest BCUT2D eigenvalue weighted by Gasteiger charge is -2.25. The minimum absolute atomic E-state index is 0.214.